The molecule has 5 heteroatoms. The number of anilines is 2. The van der Waals surface area contributed by atoms with Crippen LogP contribution >= 0.6 is 0 Å². The van der Waals surface area contributed by atoms with E-state index in [-0.39, 0.29) is 12.1 Å². The van der Waals surface area contributed by atoms with Crippen LogP contribution in [0.25, 0.3) is 0 Å². The number of pyridine rings is 1. The number of hydrogen-bond donors (Lipinski definition) is 1. The Hall–Kier alpha value is -3.34. The van der Waals surface area contributed by atoms with Crippen molar-refractivity contribution in [1.29, 1.82) is 0 Å². The number of para-hydroxylation sites is 1. The number of aromatic nitrogens is 1. The number of methoxy groups -OCH3 is 1. The van der Waals surface area contributed by atoms with Crippen LogP contribution in [-0.2, 0) is 0 Å². The van der Waals surface area contributed by atoms with E-state index in [4.69, 9.17) is 4.74 Å². The molecule has 124 valence electrons. The number of fused-ring (bicyclic) bond motifs is 1. The van der Waals surface area contributed by atoms with Gasteiger partial charge in [0.25, 0.3) is 5.91 Å². The molecule has 0 spiro atoms. The molecule has 1 amide bonds. The third-order valence-corrected chi connectivity index (χ3v) is 4.21. The van der Waals surface area contributed by atoms with E-state index in [0.29, 0.717) is 11.3 Å². The van der Waals surface area contributed by atoms with E-state index in [1.165, 1.54) is 0 Å². The molecule has 1 unspecified atom stereocenters. The first-order valence-corrected chi connectivity index (χ1v) is 8.02. The van der Waals surface area contributed by atoms with Gasteiger partial charge >= 0.3 is 0 Å². The number of ether oxygens (including phenoxy) is 1. The summed E-state index contributed by atoms with van der Waals surface area (Å²) >= 11 is 0. The molecule has 0 aliphatic carbocycles. The largest absolute Gasteiger partial charge is 0.497 e. The second kappa shape index (κ2) is 6.28. The van der Waals surface area contributed by atoms with Gasteiger partial charge in [-0.25, -0.2) is 0 Å². The molecule has 1 aliphatic rings. The summed E-state index contributed by atoms with van der Waals surface area (Å²) in [5.41, 5.74) is 3.01. The van der Waals surface area contributed by atoms with Crippen LogP contribution in [0.5, 0.6) is 5.75 Å². The Bertz CT molecular complexity index is 912. The van der Waals surface area contributed by atoms with Crippen LogP contribution in [0.4, 0.5) is 11.4 Å². The summed E-state index contributed by atoms with van der Waals surface area (Å²) in [6, 6.07) is 20.9. The van der Waals surface area contributed by atoms with Gasteiger partial charge in [0, 0.05) is 18.0 Å². The molecule has 1 atom stereocenters. The van der Waals surface area contributed by atoms with E-state index in [0.717, 1.165) is 17.1 Å². The predicted molar refractivity (Wildman–Crippen MR) is 96.8 cm³/mol. The van der Waals surface area contributed by atoms with Gasteiger partial charge < -0.3 is 10.1 Å². The maximum absolute atomic E-state index is 13.0. The molecule has 3 aromatic rings. The normalized spacial score (nSPS) is 15.8. The molecule has 0 radical (unpaired) electrons. The summed E-state index contributed by atoms with van der Waals surface area (Å²) < 4.78 is 5.31. The van der Waals surface area contributed by atoms with E-state index < -0.39 is 0 Å². The van der Waals surface area contributed by atoms with Crippen LogP contribution in [-0.4, -0.2) is 18.0 Å². The molecule has 1 aliphatic heterocycles. The molecule has 0 saturated heterocycles. The second-order valence-electron chi connectivity index (χ2n) is 5.73. The molecule has 0 bridgehead atoms. The van der Waals surface area contributed by atoms with Gasteiger partial charge in [0.2, 0.25) is 0 Å². The minimum absolute atomic E-state index is 0.0789. The van der Waals surface area contributed by atoms with Gasteiger partial charge in [-0.05, 0) is 36.4 Å². The molecule has 1 N–H and O–H groups in total. The maximum Gasteiger partial charge on any atom is 0.262 e. The van der Waals surface area contributed by atoms with Crippen molar-refractivity contribution in [3.05, 3.63) is 84.2 Å². The number of benzene rings is 2. The molecule has 0 saturated carbocycles. The van der Waals surface area contributed by atoms with Crippen LogP contribution in [0.3, 0.4) is 0 Å². The minimum Gasteiger partial charge on any atom is -0.497 e. The molecule has 1 aromatic heterocycles. The lowest BCUT2D eigenvalue weighted by Gasteiger charge is -2.26. The lowest BCUT2D eigenvalue weighted by molar-refractivity contribution is 0.0993. The lowest BCUT2D eigenvalue weighted by atomic mass is 10.2. The van der Waals surface area contributed by atoms with Crippen molar-refractivity contribution in [3.63, 3.8) is 0 Å². The summed E-state index contributed by atoms with van der Waals surface area (Å²) in [5, 5.41) is 3.42. The van der Waals surface area contributed by atoms with Crippen molar-refractivity contribution in [1.82, 2.24) is 4.98 Å². The van der Waals surface area contributed by atoms with Crippen molar-refractivity contribution in [2.75, 3.05) is 17.3 Å². The third-order valence-electron chi connectivity index (χ3n) is 4.21. The second-order valence-corrected chi connectivity index (χ2v) is 5.73. The van der Waals surface area contributed by atoms with Gasteiger partial charge in [-0.15, -0.1) is 0 Å². The zero-order valence-corrected chi connectivity index (χ0v) is 13.7. The fourth-order valence-electron chi connectivity index (χ4n) is 3.04. The highest BCUT2D eigenvalue weighted by molar-refractivity contribution is 6.11. The predicted octanol–water partition coefficient (Wildman–Crippen LogP) is 3.86. The van der Waals surface area contributed by atoms with Gasteiger partial charge in [0.15, 0.2) is 6.17 Å². The van der Waals surface area contributed by atoms with Crippen molar-refractivity contribution in [2.45, 2.75) is 6.17 Å². The summed E-state index contributed by atoms with van der Waals surface area (Å²) in [5.74, 6) is 0.623. The van der Waals surface area contributed by atoms with E-state index in [1.807, 2.05) is 60.7 Å². The van der Waals surface area contributed by atoms with Crippen molar-refractivity contribution >= 4 is 17.3 Å². The first-order chi connectivity index (χ1) is 12.3. The van der Waals surface area contributed by atoms with Gasteiger partial charge in [0.05, 0.1) is 24.1 Å². The minimum atomic E-state index is -0.377. The topological polar surface area (TPSA) is 54.5 Å². The molecule has 25 heavy (non-hydrogen) atoms. The molecule has 0 fully saturated rings. The molecule has 5 nitrogen and oxygen atoms in total. The maximum atomic E-state index is 13.0. The average molecular weight is 331 g/mol. The summed E-state index contributed by atoms with van der Waals surface area (Å²) in [4.78, 5) is 19.2. The Kier molecular flexibility index (Phi) is 3.82. The molecule has 2 aromatic carbocycles. The summed E-state index contributed by atoms with van der Waals surface area (Å²) in [7, 11) is 1.61. The number of nitrogens with one attached hydrogen (secondary N) is 1. The number of amides is 1. The highest BCUT2D eigenvalue weighted by atomic mass is 16.5. The summed E-state index contributed by atoms with van der Waals surface area (Å²) in [6.07, 6.45) is 1.33. The van der Waals surface area contributed by atoms with Crippen molar-refractivity contribution < 1.29 is 9.53 Å². The van der Waals surface area contributed by atoms with Gasteiger partial charge in [0.1, 0.15) is 5.75 Å². The van der Waals surface area contributed by atoms with Crippen LogP contribution in [0, 0.1) is 0 Å². The zero-order chi connectivity index (χ0) is 17.2. The average Bonchev–Trinajstić information content (AvgIpc) is 2.95. The lowest BCUT2D eigenvalue weighted by Crippen LogP contribution is -2.32. The number of carbonyl (C=O) groups excluding carboxylic acids is 1. The highest BCUT2D eigenvalue weighted by Gasteiger charge is 2.39. The Morgan fingerprint density at radius 1 is 1.04 bits per heavy atom. The third kappa shape index (κ3) is 2.70. The summed E-state index contributed by atoms with van der Waals surface area (Å²) in [6.45, 7) is 0. The Morgan fingerprint density at radius 3 is 2.68 bits per heavy atom. The highest BCUT2D eigenvalue weighted by Crippen LogP contribution is 2.37. The Balaban J connectivity index is 1.79. The van der Waals surface area contributed by atoms with Crippen LogP contribution in [0.1, 0.15) is 22.2 Å². The molecular formula is C20H17N3O2. The van der Waals surface area contributed by atoms with Gasteiger partial charge in [-0.2, -0.15) is 0 Å². The fourth-order valence-corrected chi connectivity index (χ4v) is 3.04. The number of hydrogen-bond acceptors (Lipinski definition) is 4. The SMILES string of the molecule is COc1cccc(N2C(=O)c3cccnc3C2Nc2ccccc2)c1. The molecule has 2 heterocycles. The van der Waals surface area contributed by atoms with Crippen LogP contribution < -0.4 is 15.0 Å². The van der Waals surface area contributed by atoms with E-state index >= 15 is 0 Å². The van der Waals surface area contributed by atoms with E-state index in [9.17, 15) is 4.79 Å². The van der Waals surface area contributed by atoms with Crippen LogP contribution in [0.15, 0.2) is 72.9 Å². The van der Waals surface area contributed by atoms with E-state index in [2.05, 4.69) is 10.3 Å². The van der Waals surface area contributed by atoms with Gasteiger partial charge in [-0.3, -0.25) is 14.7 Å². The zero-order valence-electron chi connectivity index (χ0n) is 13.7. The van der Waals surface area contributed by atoms with Crippen molar-refractivity contribution in [2.24, 2.45) is 0 Å². The molecule has 4 rings (SSSR count). The standard InChI is InChI=1S/C20H17N3O2/c1-25-16-10-5-9-15(13-16)23-19(22-14-7-3-2-4-8-14)18-17(20(23)24)11-6-12-21-18/h2-13,19,22H,1H3. The smallest absolute Gasteiger partial charge is 0.262 e. The molecular weight excluding hydrogens is 314 g/mol. The monoisotopic (exact) mass is 331 g/mol. The Morgan fingerprint density at radius 2 is 1.88 bits per heavy atom. The number of rotatable bonds is 4. The first kappa shape index (κ1) is 15.2. The quantitative estimate of drug-likeness (QED) is 0.789. The first-order valence-electron chi connectivity index (χ1n) is 8.02. The number of nitrogens with zero attached hydrogens (tertiary/aromatic N) is 2. The van der Waals surface area contributed by atoms with Crippen molar-refractivity contribution in [3.8, 4) is 5.75 Å². The fraction of sp³-hybridized carbons (Fsp3) is 0.100. The number of carbonyl (C=O) groups is 1. The van der Waals surface area contributed by atoms with Gasteiger partial charge in [-0.1, -0.05) is 24.3 Å². The Labute approximate surface area is 145 Å². The van der Waals surface area contributed by atoms with E-state index in [1.54, 1.807) is 24.3 Å². The van der Waals surface area contributed by atoms with Crippen LogP contribution in [0.2, 0.25) is 0 Å².